The van der Waals surface area contributed by atoms with Crippen molar-refractivity contribution >= 4 is 0 Å². The van der Waals surface area contributed by atoms with Crippen LogP contribution in [0.4, 0.5) is 0 Å². The van der Waals surface area contributed by atoms with Crippen molar-refractivity contribution < 1.29 is 9.47 Å². The maximum Gasteiger partial charge on any atom is 0.0815 e. The van der Waals surface area contributed by atoms with E-state index < -0.39 is 0 Å². The van der Waals surface area contributed by atoms with E-state index in [-0.39, 0.29) is 12.2 Å². The molecule has 2 nitrogen and oxygen atoms in total. The lowest BCUT2D eigenvalue weighted by molar-refractivity contribution is -0.129. The molecule has 0 amide bonds. The van der Waals surface area contributed by atoms with Gasteiger partial charge in [0.25, 0.3) is 0 Å². The molecule has 2 aliphatic heterocycles. The van der Waals surface area contributed by atoms with Gasteiger partial charge in [0.05, 0.1) is 18.3 Å². The van der Waals surface area contributed by atoms with Gasteiger partial charge in [0.2, 0.25) is 0 Å². The monoisotopic (exact) mass is 168 g/mol. The summed E-state index contributed by atoms with van der Waals surface area (Å²) in [6.07, 6.45) is 5.27. The standard InChI is InChI=1S/C10H16O2/c1-6-8-4-5-9(12-8)7(2)10(6)11-3/h4-10H,1-3H3. The fourth-order valence-electron chi connectivity index (χ4n) is 2.37. The van der Waals surface area contributed by atoms with Crippen LogP contribution >= 0.6 is 0 Å². The van der Waals surface area contributed by atoms with Crippen molar-refractivity contribution in [3.8, 4) is 0 Å². The van der Waals surface area contributed by atoms with Gasteiger partial charge >= 0.3 is 0 Å². The Kier molecular flexibility index (Phi) is 1.97. The van der Waals surface area contributed by atoms with Crippen molar-refractivity contribution in [2.75, 3.05) is 7.11 Å². The highest BCUT2D eigenvalue weighted by molar-refractivity contribution is 5.11. The molecule has 0 N–H and O–H groups in total. The van der Waals surface area contributed by atoms with Gasteiger partial charge in [-0.3, -0.25) is 0 Å². The fraction of sp³-hybridized carbons (Fsp3) is 0.800. The minimum absolute atomic E-state index is 0.288. The highest BCUT2D eigenvalue weighted by Crippen LogP contribution is 2.36. The van der Waals surface area contributed by atoms with Crippen molar-refractivity contribution in [2.24, 2.45) is 11.8 Å². The van der Waals surface area contributed by atoms with E-state index in [1.165, 1.54) is 0 Å². The minimum Gasteiger partial charge on any atom is -0.381 e. The molecule has 2 heterocycles. The molecule has 0 radical (unpaired) electrons. The number of methoxy groups -OCH3 is 1. The van der Waals surface area contributed by atoms with Crippen LogP contribution in [0.25, 0.3) is 0 Å². The average molecular weight is 168 g/mol. The second kappa shape index (κ2) is 2.86. The Morgan fingerprint density at radius 3 is 2.00 bits per heavy atom. The van der Waals surface area contributed by atoms with E-state index in [4.69, 9.17) is 9.47 Å². The van der Waals surface area contributed by atoms with Gasteiger partial charge in [-0.15, -0.1) is 0 Å². The summed E-state index contributed by atoms with van der Waals surface area (Å²) in [4.78, 5) is 0. The van der Waals surface area contributed by atoms with Gasteiger partial charge in [0.15, 0.2) is 0 Å². The van der Waals surface area contributed by atoms with Crippen LogP contribution in [0.2, 0.25) is 0 Å². The van der Waals surface area contributed by atoms with E-state index >= 15 is 0 Å². The molecule has 0 aromatic heterocycles. The third-order valence-electron chi connectivity index (χ3n) is 3.15. The molecule has 0 aliphatic carbocycles. The minimum atomic E-state index is 0.288. The van der Waals surface area contributed by atoms with Gasteiger partial charge in [-0.05, 0) is 0 Å². The molecule has 4 unspecified atom stereocenters. The van der Waals surface area contributed by atoms with Crippen LogP contribution in [0.5, 0.6) is 0 Å². The largest absolute Gasteiger partial charge is 0.381 e. The van der Waals surface area contributed by atoms with Crippen LogP contribution in [0.15, 0.2) is 12.2 Å². The highest BCUT2D eigenvalue weighted by atomic mass is 16.5. The number of rotatable bonds is 1. The van der Waals surface area contributed by atoms with Gasteiger partial charge in [-0.25, -0.2) is 0 Å². The summed E-state index contributed by atoms with van der Waals surface area (Å²) in [5.41, 5.74) is 0. The molecule has 2 aliphatic rings. The van der Waals surface area contributed by atoms with E-state index in [9.17, 15) is 0 Å². The molecule has 0 saturated carbocycles. The molecule has 1 saturated heterocycles. The van der Waals surface area contributed by atoms with Crippen LogP contribution in [0.3, 0.4) is 0 Å². The zero-order valence-electron chi connectivity index (χ0n) is 7.86. The third-order valence-corrected chi connectivity index (χ3v) is 3.15. The molecule has 0 aromatic carbocycles. The third kappa shape index (κ3) is 1.02. The Morgan fingerprint density at radius 2 is 1.58 bits per heavy atom. The SMILES string of the molecule is COC1C(C)C2C=CC(O2)C1C. The molecule has 4 atom stereocenters. The molecular formula is C10H16O2. The number of hydrogen-bond donors (Lipinski definition) is 0. The lowest BCUT2D eigenvalue weighted by Gasteiger charge is -2.38. The lowest BCUT2D eigenvalue weighted by Crippen LogP contribution is -2.45. The molecule has 2 rings (SSSR count). The quantitative estimate of drug-likeness (QED) is 0.554. The molecule has 1 fully saturated rings. The smallest absolute Gasteiger partial charge is 0.0815 e. The molecule has 2 bridgehead atoms. The van der Waals surface area contributed by atoms with Crippen LogP contribution in [0, 0.1) is 11.8 Å². The Balaban J connectivity index is 2.19. The number of fused-ring (bicyclic) bond motifs is 2. The maximum absolute atomic E-state index is 5.76. The number of ether oxygens (including phenoxy) is 2. The Morgan fingerprint density at radius 1 is 1.08 bits per heavy atom. The van der Waals surface area contributed by atoms with E-state index in [1.807, 2.05) is 0 Å². The molecule has 68 valence electrons. The summed E-state index contributed by atoms with van der Waals surface area (Å²) in [5, 5.41) is 0. The molecule has 2 heteroatoms. The zero-order chi connectivity index (χ0) is 8.72. The molecular weight excluding hydrogens is 152 g/mol. The Labute approximate surface area is 73.5 Å². The summed E-state index contributed by atoms with van der Waals surface area (Å²) in [7, 11) is 1.79. The first kappa shape index (κ1) is 8.27. The summed E-state index contributed by atoms with van der Waals surface area (Å²) < 4.78 is 11.2. The van der Waals surface area contributed by atoms with Crippen LogP contribution in [-0.4, -0.2) is 25.4 Å². The molecule has 0 spiro atoms. The predicted octanol–water partition coefficient (Wildman–Crippen LogP) is 1.61. The van der Waals surface area contributed by atoms with Gasteiger partial charge < -0.3 is 9.47 Å². The Bertz CT molecular complexity index is 182. The first-order valence-corrected chi connectivity index (χ1v) is 4.60. The summed E-state index contributed by atoms with van der Waals surface area (Å²) in [6.45, 7) is 4.39. The average Bonchev–Trinajstić information content (AvgIpc) is 2.48. The van der Waals surface area contributed by atoms with Gasteiger partial charge in [0.1, 0.15) is 0 Å². The lowest BCUT2D eigenvalue weighted by atomic mass is 9.86. The summed E-state index contributed by atoms with van der Waals surface area (Å²) in [6, 6.07) is 0. The van der Waals surface area contributed by atoms with Crippen molar-refractivity contribution in [3.63, 3.8) is 0 Å². The van der Waals surface area contributed by atoms with Crippen molar-refractivity contribution in [2.45, 2.75) is 32.2 Å². The van der Waals surface area contributed by atoms with Gasteiger partial charge in [0, 0.05) is 18.9 Å². The Hall–Kier alpha value is -0.340. The molecule has 0 aromatic rings. The first-order chi connectivity index (χ1) is 5.74. The van der Waals surface area contributed by atoms with Crippen LogP contribution in [-0.2, 0) is 9.47 Å². The molecule has 12 heavy (non-hydrogen) atoms. The van der Waals surface area contributed by atoms with Crippen molar-refractivity contribution in [3.05, 3.63) is 12.2 Å². The van der Waals surface area contributed by atoms with Gasteiger partial charge in [-0.1, -0.05) is 26.0 Å². The van der Waals surface area contributed by atoms with E-state index in [0.717, 1.165) is 0 Å². The van der Waals surface area contributed by atoms with E-state index in [0.29, 0.717) is 17.9 Å². The first-order valence-electron chi connectivity index (χ1n) is 4.60. The maximum atomic E-state index is 5.76. The van der Waals surface area contributed by atoms with Gasteiger partial charge in [-0.2, -0.15) is 0 Å². The summed E-state index contributed by atoms with van der Waals surface area (Å²) >= 11 is 0. The normalized spacial score (nSPS) is 51.4. The van der Waals surface area contributed by atoms with Crippen molar-refractivity contribution in [1.82, 2.24) is 0 Å². The van der Waals surface area contributed by atoms with E-state index in [1.54, 1.807) is 7.11 Å². The predicted molar refractivity (Wildman–Crippen MR) is 46.9 cm³/mol. The highest BCUT2D eigenvalue weighted by Gasteiger charge is 2.42. The second-order valence-corrected chi connectivity index (χ2v) is 3.87. The number of hydrogen-bond acceptors (Lipinski definition) is 2. The fourth-order valence-corrected chi connectivity index (χ4v) is 2.37. The topological polar surface area (TPSA) is 18.5 Å². The summed E-state index contributed by atoms with van der Waals surface area (Å²) in [5.74, 6) is 0.972. The second-order valence-electron chi connectivity index (χ2n) is 3.87. The van der Waals surface area contributed by atoms with Crippen LogP contribution < -0.4 is 0 Å². The van der Waals surface area contributed by atoms with Crippen LogP contribution in [0.1, 0.15) is 13.8 Å². The zero-order valence-corrected chi connectivity index (χ0v) is 7.86. The van der Waals surface area contributed by atoms with E-state index in [2.05, 4.69) is 26.0 Å². The van der Waals surface area contributed by atoms with Crippen molar-refractivity contribution in [1.29, 1.82) is 0 Å².